The first-order valence-corrected chi connectivity index (χ1v) is 7.32. The van der Waals surface area contributed by atoms with Crippen molar-refractivity contribution in [1.82, 2.24) is 0 Å². The fraction of sp³-hybridized carbons (Fsp3) is 0.933. The van der Waals surface area contributed by atoms with E-state index in [4.69, 9.17) is 5.73 Å². The molecule has 102 valence electrons. The van der Waals surface area contributed by atoms with Gasteiger partial charge in [-0.25, -0.2) is 0 Å². The lowest BCUT2D eigenvalue weighted by Crippen LogP contribution is -2.21. The van der Waals surface area contributed by atoms with Crippen molar-refractivity contribution in [2.45, 2.75) is 85.0 Å². The number of primary amides is 1. The molecule has 0 aliphatic rings. The molecular formula is C15H31NO. The number of carbonyl (C=O) groups is 1. The van der Waals surface area contributed by atoms with Crippen molar-refractivity contribution >= 4 is 5.91 Å². The molecule has 0 aliphatic heterocycles. The first kappa shape index (κ1) is 16.5. The number of hydrogen-bond acceptors (Lipinski definition) is 1. The third-order valence-corrected chi connectivity index (χ3v) is 3.74. The van der Waals surface area contributed by atoms with E-state index in [0.29, 0.717) is 11.8 Å². The molecule has 0 aromatic rings. The van der Waals surface area contributed by atoms with Crippen LogP contribution in [0.5, 0.6) is 0 Å². The molecule has 0 saturated heterocycles. The maximum Gasteiger partial charge on any atom is 0.217 e. The van der Waals surface area contributed by atoms with Crippen molar-refractivity contribution in [1.29, 1.82) is 0 Å². The zero-order valence-electron chi connectivity index (χ0n) is 12.1. The summed E-state index contributed by atoms with van der Waals surface area (Å²) >= 11 is 0. The third-order valence-electron chi connectivity index (χ3n) is 3.74. The molecule has 0 saturated carbocycles. The predicted molar refractivity (Wildman–Crippen MR) is 74.8 cm³/mol. The Bertz CT molecular complexity index is 203. The number of unbranched alkanes of at least 4 members (excludes halogenated alkanes) is 4. The molecule has 2 nitrogen and oxygen atoms in total. The van der Waals surface area contributed by atoms with Gasteiger partial charge in [0.1, 0.15) is 0 Å². The highest BCUT2D eigenvalue weighted by atomic mass is 16.1. The lowest BCUT2D eigenvalue weighted by atomic mass is 9.76. The van der Waals surface area contributed by atoms with Crippen LogP contribution < -0.4 is 5.73 Å². The maximum atomic E-state index is 10.9. The van der Waals surface area contributed by atoms with E-state index in [0.717, 1.165) is 6.42 Å². The molecule has 0 bridgehead atoms. The van der Waals surface area contributed by atoms with Crippen LogP contribution in [0.2, 0.25) is 0 Å². The van der Waals surface area contributed by atoms with E-state index >= 15 is 0 Å². The number of nitrogens with two attached hydrogens (primary N) is 1. The Morgan fingerprint density at radius 3 is 2.06 bits per heavy atom. The van der Waals surface area contributed by atoms with Gasteiger partial charge < -0.3 is 5.73 Å². The lowest BCUT2D eigenvalue weighted by Gasteiger charge is -2.29. The van der Waals surface area contributed by atoms with Gasteiger partial charge in [0.25, 0.3) is 0 Å². The van der Waals surface area contributed by atoms with Crippen LogP contribution in [0.3, 0.4) is 0 Å². The van der Waals surface area contributed by atoms with Gasteiger partial charge in [0.05, 0.1) is 0 Å². The predicted octanol–water partition coefficient (Wildman–Crippen LogP) is 4.42. The van der Waals surface area contributed by atoms with Crippen LogP contribution in [-0.2, 0) is 4.79 Å². The minimum absolute atomic E-state index is 0.152. The van der Waals surface area contributed by atoms with Crippen molar-refractivity contribution in [2.75, 3.05) is 0 Å². The Balaban J connectivity index is 4.03. The monoisotopic (exact) mass is 241 g/mol. The van der Waals surface area contributed by atoms with Gasteiger partial charge in [-0.05, 0) is 24.7 Å². The van der Waals surface area contributed by atoms with E-state index < -0.39 is 0 Å². The topological polar surface area (TPSA) is 43.1 Å². The van der Waals surface area contributed by atoms with E-state index in [1.54, 1.807) is 0 Å². The quantitative estimate of drug-likeness (QED) is 0.535. The van der Waals surface area contributed by atoms with E-state index in [9.17, 15) is 4.79 Å². The molecule has 0 radical (unpaired) electrons. The fourth-order valence-corrected chi connectivity index (χ4v) is 2.38. The van der Waals surface area contributed by atoms with Crippen molar-refractivity contribution in [3.63, 3.8) is 0 Å². The second-order valence-corrected chi connectivity index (χ2v) is 5.69. The Hall–Kier alpha value is -0.530. The van der Waals surface area contributed by atoms with Crippen molar-refractivity contribution in [3.8, 4) is 0 Å². The summed E-state index contributed by atoms with van der Waals surface area (Å²) < 4.78 is 0. The molecule has 0 fully saturated rings. The molecular weight excluding hydrogens is 210 g/mol. The van der Waals surface area contributed by atoms with E-state index in [1.807, 2.05) is 0 Å². The SMILES string of the molecule is CCCCCCC(C)(CCCC)CCC(N)=O. The van der Waals surface area contributed by atoms with Crippen LogP contribution in [0.15, 0.2) is 0 Å². The van der Waals surface area contributed by atoms with Gasteiger partial charge in [-0.3, -0.25) is 4.79 Å². The average Bonchev–Trinajstić information content (AvgIpc) is 2.30. The highest BCUT2D eigenvalue weighted by molar-refractivity contribution is 5.73. The Morgan fingerprint density at radius 1 is 0.941 bits per heavy atom. The molecule has 1 amide bonds. The number of carbonyl (C=O) groups excluding carboxylic acids is 1. The van der Waals surface area contributed by atoms with Crippen molar-refractivity contribution in [3.05, 3.63) is 0 Å². The molecule has 1 unspecified atom stereocenters. The van der Waals surface area contributed by atoms with Gasteiger partial charge in [0, 0.05) is 6.42 Å². The van der Waals surface area contributed by atoms with Crippen LogP contribution in [-0.4, -0.2) is 5.91 Å². The highest BCUT2D eigenvalue weighted by Crippen LogP contribution is 2.35. The first-order valence-electron chi connectivity index (χ1n) is 7.32. The fourth-order valence-electron chi connectivity index (χ4n) is 2.38. The molecule has 0 aliphatic carbocycles. The molecule has 17 heavy (non-hydrogen) atoms. The summed E-state index contributed by atoms with van der Waals surface area (Å²) in [6.07, 6.45) is 11.8. The first-order chi connectivity index (χ1) is 8.04. The molecule has 1 atom stereocenters. The minimum atomic E-state index is -0.152. The minimum Gasteiger partial charge on any atom is -0.370 e. The largest absolute Gasteiger partial charge is 0.370 e. The summed E-state index contributed by atoms with van der Waals surface area (Å²) in [5.74, 6) is -0.152. The standard InChI is InChI=1S/C15H31NO/c1-4-6-8-9-12-15(3,11-7-5-2)13-10-14(16)17/h4-13H2,1-3H3,(H2,16,17). The molecule has 0 rings (SSSR count). The van der Waals surface area contributed by atoms with Crippen LogP contribution in [0.4, 0.5) is 0 Å². The van der Waals surface area contributed by atoms with Gasteiger partial charge in [-0.15, -0.1) is 0 Å². The van der Waals surface area contributed by atoms with Crippen LogP contribution in [0.25, 0.3) is 0 Å². The summed E-state index contributed by atoms with van der Waals surface area (Å²) in [6.45, 7) is 6.80. The molecule has 0 aromatic carbocycles. The van der Waals surface area contributed by atoms with E-state index in [2.05, 4.69) is 20.8 Å². The second-order valence-electron chi connectivity index (χ2n) is 5.69. The summed E-state index contributed by atoms with van der Waals surface area (Å²) in [5, 5.41) is 0. The highest BCUT2D eigenvalue weighted by Gasteiger charge is 2.23. The Labute approximate surface area is 107 Å². The summed E-state index contributed by atoms with van der Waals surface area (Å²) in [5.41, 5.74) is 5.60. The zero-order chi connectivity index (χ0) is 13.1. The summed E-state index contributed by atoms with van der Waals surface area (Å²) in [7, 11) is 0. The second kappa shape index (κ2) is 9.49. The van der Waals surface area contributed by atoms with Crippen molar-refractivity contribution < 1.29 is 4.79 Å². The summed E-state index contributed by atoms with van der Waals surface area (Å²) in [4.78, 5) is 10.9. The van der Waals surface area contributed by atoms with Crippen molar-refractivity contribution in [2.24, 2.45) is 11.1 Å². The van der Waals surface area contributed by atoms with Gasteiger partial charge in [0.2, 0.25) is 5.91 Å². The van der Waals surface area contributed by atoms with Gasteiger partial charge >= 0.3 is 0 Å². The third kappa shape index (κ3) is 9.20. The Morgan fingerprint density at radius 2 is 1.53 bits per heavy atom. The molecule has 0 aromatic heterocycles. The molecule has 2 heteroatoms. The number of amides is 1. The molecule has 2 N–H and O–H groups in total. The van der Waals surface area contributed by atoms with E-state index in [1.165, 1.54) is 51.4 Å². The van der Waals surface area contributed by atoms with Gasteiger partial charge in [0.15, 0.2) is 0 Å². The Kier molecular flexibility index (Phi) is 9.20. The normalized spacial score (nSPS) is 14.5. The zero-order valence-corrected chi connectivity index (χ0v) is 12.1. The van der Waals surface area contributed by atoms with Crippen LogP contribution in [0.1, 0.15) is 85.0 Å². The number of rotatable bonds is 11. The van der Waals surface area contributed by atoms with Gasteiger partial charge in [-0.1, -0.05) is 59.3 Å². The molecule has 0 spiro atoms. The van der Waals surface area contributed by atoms with Gasteiger partial charge in [-0.2, -0.15) is 0 Å². The van der Waals surface area contributed by atoms with Crippen LogP contribution in [0, 0.1) is 5.41 Å². The number of hydrogen-bond donors (Lipinski definition) is 1. The maximum absolute atomic E-state index is 10.9. The molecule has 0 heterocycles. The summed E-state index contributed by atoms with van der Waals surface area (Å²) in [6, 6.07) is 0. The lowest BCUT2D eigenvalue weighted by molar-refractivity contribution is -0.118. The van der Waals surface area contributed by atoms with Crippen LogP contribution >= 0.6 is 0 Å². The van der Waals surface area contributed by atoms with E-state index in [-0.39, 0.29) is 5.91 Å². The average molecular weight is 241 g/mol. The smallest absolute Gasteiger partial charge is 0.217 e.